The highest BCUT2D eigenvalue weighted by atomic mass is 16.5. The summed E-state index contributed by atoms with van der Waals surface area (Å²) in [4.78, 5) is 4.25. The van der Waals surface area contributed by atoms with Gasteiger partial charge < -0.3 is 9.84 Å². The van der Waals surface area contributed by atoms with Crippen LogP contribution in [0.1, 0.15) is 22.9 Å². The van der Waals surface area contributed by atoms with Crippen LogP contribution in [0.2, 0.25) is 0 Å². The molecule has 0 aliphatic heterocycles. The van der Waals surface area contributed by atoms with Crippen molar-refractivity contribution in [3.8, 4) is 5.75 Å². The zero-order valence-corrected chi connectivity index (χ0v) is 12.8. The molecule has 0 saturated heterocycles. The molecule has 0 saturated carbocycles. The number of benzene rings is 2. The standard InChI is InChI=1S/C20H19NO2/c22-20(14-18-10-4-5-12-21-18)17-9-6-11-19(13-17)23-15-16-7-2-1-3-8-16/h1-13,20,22H,14-15H2. The van der Waals surface area contributed by atoms with E-state index in [0.29, 0.717) is 13.0 Å². The highest BCUT2D eigenvalue weighted by Gasteiger charge is 2.10. The summed E-state index contributed by atoms with van der Waals surface area (Å²) in [6.45, 7) is 0.515. The summed E-state index contributed by atoms with van der Waals surface area (Å²) in [7, 11) is 0. The average molecular weight is 305 g/mol. The van der Waals surface area contributed by atoms with Gasteiger partial charge in [0.25, 0.3) is 0 Å². The first-order valence-corrected chi connectivity index (χ1v) is 7.66. The van der Waals surface area contributed by atoms with Crippen molar-refractivity contribution < 1.29 is 9.84 Å². The van der Waals surface area contributed by atoms with Gasteiger partial charge >= 0.3 is 0 Å². The Bertz CT molecular complexity index is 729. The van der Waals surface area contributed by atoms with Gasteiger partial charge in [-0.25, -0.2) is 0 Å². The molecule has 1 atom stereocenters. The predicted molar refractivity (Wildman–Crippen MR) is 90.1 cm³/mol. The van der Waals surface area contributed by atoms with E-state index in [2.05, 4.69) is 4.98 Å². The number of aliphatic hydroxyl groups excluding tert-OH is 1. The molecule has 3 rings (SSSR count). The molecular formula is C20H19NO2. The van der Waals surface area contributed by atoms with Gasteiger partial charge in [-0.05, 0) is 35.4 Å². The molecule has 0 radical (unpaired) electrons. The van der Waals surface area contributed by atoms with E-state index in [4.69, 9.17) is 4.74 Å². The largest absolute Gasteiger partial charge is 0.489 e. The lowest BCUT2D eigenvalue weighted by molar-refractivity contribution is 0.176. The van der Waals surface area contributed by atoms with Gasteiger partial charge in [0.2, 0.25) is 0 Å². The maximum absolute atomic E-state index is 10.4. The maximum Gasteiger partial charge on any atom is 0.120 e. The van der Waals surface area contributed by atoms with E-state index in [1.54, 1.807) is 6.20 Å². The third-order valence-corrected chi connectivity index (χ3v) is 3.62. The number of rotatable bonds is 6. The summed E-state index contributed by atoms with van der Waals surface area (Å²) < 4.78 is 5.81. The highest BCUT2D eigenvalue weighted by molar-refractivity contribution is 5.31. The zero-order valence-electron chi connectivity index (χ0n) is 12.8. The van der Waals surface area contributed by atoms with Crippen LogP contribution in [0, 0.1) is 0 Å². The normalized spacial score (nSPS) is 11.9. The van der Waals surface area contributed by atoms with Gasteiger partial charge in [0, 0.05) is 18.3 Å². The van der Waals surface area contributed by atoms with Crippen LogP contribution in [-0.2, 0) is 13.0 Å². The second-order valence-electron chi connectivity index (χ2n) is 5.39. The molecular weight excluding hydrogens is 286 g/mol. The van der Waals surface area contributed by atoms with Crippen molar-refractivity contribution >= 4 is 0 Å². The minimum atomic E-state index is -0.592. The fraction of sp³-hybridized carbons (Fsp3) is 0.150. The SMILES string of the molecule is OC(Cc1ccccn1)c1cccc(OCc2ccccc2)c1. The molecule has 1 N–H and O–H groups in total. The van der Waals surface area contributed by atoms with E-state index in [-0.39, 0.29) is 0 Å². The summed E-state index contributed by atoms with van der Waals surface area (Å²) in [5.41, 5.74) is 2.82. The number of aromatic nitrogens is 1. The molecule has 3 aromatic rings. The molecule has 1 unspecified atom stereocenters. The third-order valence-electron chi connectivity index (χ3n) is 3.62. The molecule has 1 aromatic heterocycles. The van der Waals surface area contributed by atoms with Crippen molar-refractivity contribution in [3.05, 3.63) is 95.8 Å². The van der Waals surface area contributed by atoms with Crippen molar-refractivity contribution in [3.63, 3.8) is 0 Å². The molecule has 0 bridgehead atoms. The van der Waals surface area contributed by atoms with Crippen LogP contribution in [0.5, 0.6) is 5.75 Å². The topological polar surface area (TPSA) is 42.4 Å². The Morgan fingerprint density at radius 3 is 2.52 bits per heavy atom. The van der Waals surface area contributed by atoms with Gasteiger partial charge in [-0.3, -0.25) is 4.98 Å². The lowest BCUT2D eigenvalue weighted by Gasteiger charge is -2.13. The van der Waals surface area contributed by atoms with Crippen molar-refractivity contribution in [2.45, 2.75) is 19.1 Å². The number of aliphatic hydroxyl groups is 1. The smallest absolute Gasteiger partial charge is 0.120 e. The van der Waals surface area contributed by atoms with Gasteiger partial charge in [-0.2, -0.15) is 0 Å². The van der Waals surface area contributed by atoms with Crippen molar-refractivity contribution in [1.82, 2.24) is 4.98 Å². The summed E-state index contributed by atoms with van der Waals surface area (Å²) >= 11 is 0. The lowest BCUT2D eigenvalue weighted by Crippen LogP contribution is -2.04. The van der Waals surface area contributed by atoms with Gasteiger partial charge in [0.15, 0.2) is 0 Å². The summed E-state index contributed by atoms with van der Waals surface area (Å²) in [5.74, 6) is 0.756. The van der Waals surface area contributed by atoms with Crippen LogP contribution in [0.4, 0.5) is 0 Å². The van der Waals surface area contributed by atoms with Gasteiger partial charge in [-0.15, -0.1) is 0 Å². The van der Waals surface area contributed by atoms with Crippen LogP contribution in [0.3, 0.4) is 0 Å². The fourth-order valence-electron chi connectivity index (χ4n) is 2.39. The molecule has 0 fully saturated rings. The van der Waals surface area contributed by atoms with Crippen LogP contribution in [0.15, 0.2) is 79.0 Å². The second kappa shape index (κ2) is 7.56. The monoisotopic (exact) mass is 305 g/mol. The Kier molecular flexibility index (Phi) is 5.02. The Hall–Kier alpha value is -2.65. The third kappa shape index (κ3) is 4.41. The summed E-state index contributed by atoms with van der Waals surface area (Å²) in [6, 6.07) is 23.3. The maximum atomic E-state index is 10.4. The Morgan fingerprint density at radius 1 is 0.913 bits per heavy atom. The number of hydrogen-bond acceptors (Lipinski definition) is 3. The molecule has 116 valence electrons. The van der Waals surface area contributed by atoms with Crippen LogP contribution < -0.4 is 4.74 Å². The number of ether oxygens (including phenoxy) is 1. The molecule has 23 heavy (non-hydrogen) atoms. The van der Waals surface area contributed by atoms with Crippen LogP contribution >= 0.6 is 0 Å². The van der Waals surface area contributed by atoms with E-state index < -0.39 is 6.10 Å². The Balaban J connectivity index is 1.64. The van der Waals surface area contributed by atoms with Crippen LogP contribution in [0.25, 0.3) is 0 Å². The van der Waals surface area contributed by atoms with Gasteiger partial charge in [0.05, 0.1) is 6.10 Å². The quantitative estimate of drug-likeness (QED) is 0.750. The first-order chi connectivity index (χ1) is 11.3. The van der Waals surface area contributed by atoms with E-state index in [1.165, 1.54) is 0 Å². The fourth-order valence-corrected chi connectivity index (χ4v) is 2.39. The van der Waals surface area contributed by atoms with Gasteiger partial charge in [-0.1, -0.05) is 48.5 Å². The Morgan fingerprint density at radius 2 is 1.74 bits per heavy atom. The van der Waals surface area contributed by atoms with E-state index >= 15 is 0 Å². The molecule has 0 aliphatic rings. The Labute approximate surface area is 136 Å². The molecule has 1 heterocycles. The number of hydrogen-bond donors (Lipinski definition) is 1. The summed E-state index contributed by atoms with van der Waals surface area (Å²) in [6.07, 6.45) is 1.63. The highest BCUT2D eigenvalue weighted by Crippen LogP contribution is 2.22. The first kappa shape index (κ1) is 15.3. The van der Waals surface area contributed by atoms with Gasteiger partial charge in [0.1, 0.15) is 12.4 Å². The first-order valence-electron chi connectivity index (χ1n) is 7.66. The summed E-state index contributed by atoms with van der Waals surface area (Å²) in [5, 5.41) is 10.4. The van der Waals surface area contributed by atoms with E-state index in [9.17, 15) is 5.11 Å². The minimum absolute atomic E-state index is 0.489. The molecule has 0 spiro atoms. The number of nitrogens with zero attached hydrogens (tertiary/aromatic N) is 1. The predicted octanol–water partition coefficient (Wildman–Crippen LogP) is 3.94. The molecule has 0 aliphatic carbocycles. The van der Waals surface area contributed by atoms with Crippen molar-refractivity contribution in [2.24, 2.45) is 0 Å². The molecule has 0 amide bonds. The lowest BCUT2D eigenvalue weighted by atomic mass is 10.0. The van der Waals surface area contributed by atoms with Crippen molar-refractivity contribution in [2.75, 3.05) is 0 Å². The molecule has 3 heteroatoms. The second-order valence-corrected chi connectivity index (χ2v) is 5.39. The van der Waals surface area contributed by atoms with Crippen LogP contribution in [-0.4, -0.2) is 10.1 Å². The molecule has 2 aromatic carbocycles. The zero-order chi connectivity index (χ0) is 15.9. The van der Waals surface area contributed by atoms with Crippen molar-refractivity contribution in [1.29, 1.82) is 0 Å². The van der Waals surface area contributed by atoms with E-state index in [0.717, 1.165) is 22.6 Å². The number of pyridine rings is 1. The minimum Gasteiger partial charge on any atom is -0.489 e. The average Bonchev–Trinajstić information content (AvgIpc) is 2.62. The van der Waals surface area contributed by atoms with E-state index in [1.807, 2.05) is 72.8 Å². The molecule has 3 nitrogen and oxygen atoms in total.